The lowest BCUT2D eigenvalue weighted by atomic mass is 9.87. The van der Waals surface area contributed by atoms with Crippen molar-refractivity contribution in [2.45, 2.75) is 39.7 Å². The lowest BCUT2D eigenvalue weighted by Crippen LogP contribution is -2.42. The third-order valence-corrected chi connectivity index (χ3v) is 3.45. The zero-order valence-electron chi connectivity index (χ0n) is 14.0. The molecule has 0 heterocycles. The summed E-state index contributed by atoms with van der Waals surface area (Å²) in [7, 11) is 1.64. The van der Waals surface area contributed by atoms with Gasteiger partial charge in [0.1, 0.15) is 5.75 Å². The standard InChI is InChI=1S/C17H28N2O3/c1-13(20)11-17(2,3)12-19-16(21)18-10-9-14-7-5-6-8-15(14)22-4/h5-8,13,20H,9-12H2,1-4H3,(H2,18,19,21). The van der Waals surface area contributed by atoms with Crippen molar-refractivity contribution in [3.05, 3.63) is 29.8 Å². The molecule has 5 nitrogen and oxygen atoms in total. The van der Waals surface area contributed by atoms with Crippen molar-refractivity contribution in [1.29, 1.82) is 0 Å². The Labute approximate surface area is 133 Å². The molecule has 22 heavy (non-hydrogen) atoms. The van der Waals surface area contributed by atoms with E-state index < -0.39 is 0 Å². The van der Waals surface area contributed by atoms with Crippen molar-refractivity contribution in [1.82, 2.24) is 10.6 Å². The smallest absolute Gasteiger partial charge is 0.314 e. The van der Waals surface area contributed by atoms with E-state index in [0.717, 1.165) is 11.3 Å². The summed E-state index contributed by atoms with van der Waals surface area (Å²) in [6.07, 6.45) is 0.994. The number of nitrogens with one attached hydrogen (secondary N) is 2. The van der Waals surface area contributed by atoms with Gasteiger partial charge in [0, 0.05) is 13.1 Å². The molecule has 1 aromatic carbocycles. The minimum Gasteiger partial charge on any atom is -0.496 e. The monoisotopic (exact) mass is 308 g/mol. The maximum Gasteiger partial charge on any atom is 0.314 e. The zero-order valence-corrected chi connectivity index (χ0v) is 14.0. The number of ether oxygens (including phenoxy) is 1. The van der Waals surface area contributed by atoms with Gasteiger partial charge in [-0.2, -0.15) is 0 Å². The van der Waals surface area contributed by atoms with Gasteiger partial charge in [-0.15, -0.1) is 0 Å². The number of amides is 2. The lowest BCUT2D eigenvalue weighted by molar-refractivity contribution is 0.129. The molecule has 0 aliphatic rings. The largest absolute Gasteiger partial charge is 0.496 e. The van der Waals surface area contributed by atoms with Crippen molar-refractivity contribution in [3.63, 3.8) is 0 Å². The second-order valence-electron chi connectivity index (χ2n) is 6.39. The molecule has 0 fully saturated rings. The summed E-state index contributed by atoms with van der Waals surface area (Å²) < 4.78 is 5.28. The van der Waals surface area contributed by atoms with E-state index in [1.807, 2.05) is 38.1 Å². The molecule has 0 aliphatic heterocycles. The first-order chi connectivity index (χ1) is 10.3. The number of aliphatic hydroxyl groups is 1. The highest BCUT2D eigenvalue weighted by Crippen LogP contribution is 2.21. The van der Waals surface area contributed by atoms with Gasteiger partial charge in [-0.05, 0) is 36.8 Å². The Morgan fingerprint density at radius 2 is 2.00 bits per heavy atom. The summed E-state index contributed by atoms with van der Waals surface area (Å²) in [5.41, 5.74) is 0.938. The van der Waals surface area contributed by atoms with Crippen LogP contribution in [0.3, 0.4) is 0 Å². The van der Waals surface area contributed by atoms with Gasteiger partial charge >= 0.3 is 6.03 Å². The van der Waals surface area contributed by atoms with Crippen molar-refractivity contribution < 1.29 is 14.6 Å². The summed E-state index contributed by atoms with van der Waals surface area (Å²) >= 11 is 0. The van der Waals surface area contributed by atoms with Crippen molar-refractivity contribution in [2.75, 3.05) is 20.2 Å². The van der Waals surface area contributed by atoms with E-state index in [2.05, 4.69) is 10.6 Å². The Morgan fingerprint density at radius 1 is 1.32 bits per heavy atom. The number of rotatable bonds is 8. The second-order valence-corrected chi connectivity index (χ2v) is 6.39. The Kier molecular flexibility index (Phi) is 7.18. The Balaban J connectivity index is 2.32. The normalized spacial score (nSPS) is 12.6. The predicted octanol–water partition coefficient (Wildman–Crippen LogP) is 2.33. The predicted molar refractivity (Wildman–Crippen MR) is 88.2 cm³/mol. The van der Waals surface area contributed by atoms with Gasteiger partial charge in [0.15, 0.2) is 0 Å². The van der Waals surface area contributed by atoms with E-state index >= 15 is 0 Å². The quantitative estimate of drug-likeness (QED) is 0.690. The molecule has 5 heteroatoms. The topological polar surface area (TPSA) is 70.6 Å². The van der Waals surface area contributed by atoms with Crippen LogP contribution in [0.5, 0.6) is 5.75 Å². The molecule has 1 rings (SSSR count). The highest BCUT2D eigenvalue weighted by molar-refractivity contribution is 5.73. The van der Waals surface area contributed by atoms with Gasteiger partial charge in [0.05, 0.1) is 13.2 Å². The molecule has 0 radical (unpaired) electrons. The first kappa shape index (κ1) is 18.3. The number of aliphatic hydroxyl groups excluding tert-OH is 1. The van der Waals surface area contributed by atoms with Crippen LogP contribution in [0.15, 0.2) is 24.3 Å². The highest BCUT2D eigenvalue weighted by atomic mass is 16.5. The van der Waals surface area contributed by atoms with Crippen LogP contribution in [0, 0.1) is 5.41 Å². The van der Waals surface area contributed by atoms with Gasteiger partial charge in [-0.3, -0.25) is 0 Å². The molecular weight excluding hydrogens is 280 g/mol. The van der Waals surface area contributed by atoms with Crippen LogP contribution in [0.4, 0.5) is 4.79 Å². The van der Waals surface area contributed by atoms with E-state index in [1.54, 1.807) is 14.0 Å². The Bertz CT molecular complexity index is 473. The van der Waals surface area contributed by atoms with Gasteiger partial charge in [0.2, 0.25) is 0 Å². The van der Waals surface area contributed by atoms with Crippen molar-refractivity contribution >= 4 is 6.03 Å². The van der Waals surface area contributed by atoms with Gasteiger partial charge in [0.25, 0.3) is 0 Å². The number of benzene rings is 1. The molecular formula is C17H28N2O3. The van der Waals surface area contributed by atoms with Crippen molar-refractivity contribution in [2.24, 2.45) is 5.41 Å². The van der Waals surface area contributed by atoms with E-state index in [9.17, 15) is 9.90 Å². The van der Waals surface area contributed by atoms with Crippen LogP contribution in [-0.4, -0.2) is 37.4 Å². The van der Waals surface area contributed by atoms with Crippen LogP contribution in [0.2, 0.25) is 0 Å². The summed E-state index contributed by atoms with van der Waals surface area (Å²) in [6, 6.07) is 7.59. The third-order valence-electron chi connectivity index (χ3n) is 3.45. The summed E-state index contributed by atoms with van der Waals surface area (Å²) in [5.74, 6) is 0.836. The summed E-state index contributed by atoms with van der Waals surface area (Å²) in [4.78, 5) is 11.8. The SMILES string of the molecule is COc1ccccc1CCNC(=O)NCC(C)(C)CC(C)O. The van der Waals surface area contributed by atoms with Crippen LogP contribution < -0.4 is 15.4 Å². The molecule has 0 aliphatic carbocycles. The summed E-state index contributed by atoms with van der Waals surface area (Å²) in [5, 5.41) is 15.1. The van der Waals surface area contributed by atoms with Gasteiger partial charge < -0.3 is 20.5 Å². The fourth-order valence-corrected chi connectivity index (χ4v) is 2.47. The maximum atomic E-state index is 11.8. The molecule has 124 valence electrons. The fraction of sp³-hybridized carbons (Fsp3) is 0.588. The number of carbonyl (C=O) groups is 1. The molecule has 0 aromatic heterocycles. The number of methoxy groups -OCH3 is 1. The summed E-state index contributed by atoms with van der Waals surface area (Å²) in [6.45, 7) is 6.88. The number of hydrogen-bond donors (Lipinski definition) is 3. The number of carbonyl (C=O) groups excluding carboxylic acids is 1. The van der Waals surface area contributed by atoms with Crippen LogP contribution in [-0.2, 0) is 6.42 Å². The lowest BCUT2D eigenvalue weighted by Gasteiger charge is -2.26. The molecule has 1 unspecified atom stereocenters. The van der Waals surface area contributed by atoms with Crippen LogP contribution in [0.25, 0.3) is 0 Å². The molecule has 0 bridgehead atoms. The molecule has 1 aromatic rings. The zero-order chi connectivity index (χ0) is 16.6. The fourth-order valence-electron chi connectivity index (χ4n) is 2.47. The Hall–Kier alpha value is -1.75. The van der Waals surface area contributed by atoms with E-state index in [-0.39, 0.29) is 17.6 Å². The molecule has 0 spiro atoms. The molecule has 0 saturated heterocycles. The molecule has 3 N–H and O–H groups in total. The van der Waals surface area contributed by atoms with Crippen molar-refractivity contribution in [3.8, 4) is 5.75 Å². The first-order valence-corrected chi connectivity index (χ1v) is 7.66. The van der Waals surface area contributed by atoms with Gasteiger partial charge in [-0.1, -0.05) is 32.0 Å². The highest BCUT2D eigenvalue weighted by Gasteiger charge is 2.20. The maximum absolute atomic E-state index is 11.8. The average Bonchev–Trinajstić information content (AvgIpc) is 2.44. The first-order valence-electron chi connectivity index (χ1n) is 7.66. The minimum atomic E-state index is -0.370. The number of urea groups is 1. The van der Waals surface area contributed by atoms with E-state index in [4.69, 9.17) is 4.74 Å². The van der Waals surface area contributed by atoms with Crippen LogP contribution >= 0.6 is 0 Å². The second kappa shape index (κ2) is 8.63. The number of hydrogen-bond acceptors (Lipinski definition) is 3. The average molecular weight is 308 g/mol. The third kappa shape index (κ3) is 6.80. The van der Waals surface area contributed by atoms with E-state index in [1.165, 1.54) is 0 Å². The molecule has 2 amide bonds. The minimum absolute atomic E-state index is 0.131. The Morgan fingerprint density at radius 3 is 2.64 bits per heavy atom. The molecule has 1 atom stereocenters. The van der Waals surface area contributed by atoms with Gasteiger partial charge in [-0.25, -0.2) is 4.79 Å². The van der Waals surface area contributed by atoms with E-state index in [0.29, 0.717) is 25.9 Å². The number of para-hydroxylation sites is 1. The van der Waals surface area contributed by atoms with Crippen LogP contribution in [0.1, 0.15) is 32.8 Å². The molecule has 0 saturated carbocycles.